The normalized spacial score (nSPS) is 10.9. The van der Waals surface area contributed by atoms with E-state index in [2.05, 4.69) is 31.2 Å². The van der Waals surface area contributed by atoms with Gasteiger partial charge in [0.2, 0.25) is 0 Å². The summed E-state index contributed by atoms with van der Waals surface area (Å²) in [6.07, 6.45) is 3.08. The highest BCUT2D eigenvalue weighted by atomic mass is 79.9. The maximum Gasteiger partial charge on any atom is 0.258 e. The molecule has 6 aromatic rings. The first-order chi connectivity index (χ1) is 23.2. The third kappa shape index (κ3) is 6.19. The molecule has 0 bridgehead atoms. The average molecular weight is 719 g/mol. The summed E-state index contributed by atoms with van der Waals surface area (Å²) in [6, 6.07) is 16.6. The summed E-state index contributed by atoms with van der Waals surface area (Å²) in [7, 11) is 6.05. The van der Waals surface area contributed by atoms with Crippen molar-refractivity contribution in [2.45, 2.75) is 0 Å². The van der Waals surface area contributed by atoms with Gasteiger partial charge in [0.15, 0.2) is 28.8 Å². The molecule has 0 aliphatic rings. The van der Waals surface area contributed by atoms with Gasteiger partial charge in [-0.05, 0) is 64.5 Å². The number of nitrogens with one attached hydrogen (secondary N) is 1. The number of hydrogen-bond acceptors (Lipinski definition) is 9. The van der Waals surface area contributed by atoms with E-state index < -0.39 is 17.5 Å². The Labute approximate surface area is 281 Å². The van der Waals surface area contributed by atoms with Crippen LogP contribution in [0.5, 0.6) is 46.0 Å². The molecule has 6 rings (SSSR count). The maximum atomic E-state index is 15.5. The first kappa shape index (κ1) is 32.3. The number of anilines is 1. The van der Waals surface area contributed by atoms with E-state index >= 15 is 8.78 Å². The second-order valence-electron chi connectivity index (χ2n) is 10.1. The molecule has 0 saturated carbocycles. The molecule has 0 atom stereocenters. The summed E-state index contributed by atoms with van der Waals surface area (Å²) in [4.78, 5) is 21.7. The minimum atomic E-state index is -0.903. The number of ether oxygens (including phenoxy) is 6. The van der Waals surface area contributed by atoms with Gasteiger partial charge in [-0.25, -0.2) is 8.78 Å². The van der Waals surface area contributed by atoms with Gasteiger partial charge in [-0.15, -0.1) is 0 Å². The van der Waals surface area contributed by atoms with E-state index in [9.17, 15) is 4.79 Å². The van der Waals surface area contributed by atoms with Crippen molar-refractivity contribution in [3.63, 3.8) is 0 Å². The number of rotatable bonds is 10. The molecule has 0 radical (unpaired) electrons. The standard InChI is InChI=1S/C35H26BrF2N3O7/c1-43-29-14-20-24(16-31(29)45-3)39-11-9-26(20)47-18-5-7-23(22(37)13-18)41-35(42)19-6-8-28(33(36)34(19)38)48-27-10-12-40-25-17-32(46-4)30(44-2)15-21(25)27/h5-17H,1-4H3,(H,41,42). The topological polar surface area (TPSA) is 110 Å². The smallest absolute Gasteiger partial charge is 0.258 e. The molecule has 13 heteroatoms. The Bertz CT molecular complexity index is 2200. The quantitative estimate of drug-likeness (QED) is 0.149. The molecule has 0 aliphatic heterocycles. The molecule has 0 saturated heterocycles. The van der Waals surface area contributed by atoms with Crippen LogP contribution in [0.1, 0.15) is 10.4 Å². The van der Waals surface area contributed by atoms with Crippen LogP contribution < -0.4 is 33.7 Å². The van der Waals surface area contributed by atoms with Crippen molar-refractivity contribution in [1.82, 2.24) is 9.97 Å². The van der Waals surface area contributed by atoms with Gasteiger partial charge in [-0.3, -0.25) is 14.8 Å². The van der Waals surface area contributed by atoms with Crippen molar-refractivity contribution in [3.05, 3.63) is 101 Å². The summed E-state index contributed by atoms with van der Waals surface area (Å²) < 4.78 is 64.0. The predicted octanol–water partition coefficient (Wildman–Crippen LogP) is 8.70. The van der Waals surface area contributed by atoms with Gasteiger partial charge >= 0.3 is 0 Å². The largest absolute Gasteiger partial charge is 0.493 e. The second kappa shape index (κ2) is 13.6. The Morgan fingerprint density at radius 2 is 1.19 bits per heavy atom. The molecule has 48 heavy (non-hydrogen) atoms. The summed E-state index contributed by atoms with van der Waals surface area (Å²) in [5, 5.41) is 3.61. The average Bonchev–Trinajstić information content (AvgIpc) is 3.10. The van der Waals surface area contributed by atoms with Gasteiger partial charge in [0.1, 0.15) is 28.8 Å². The molecule has 2 heterocycles. The van der Waals surface area contributed by atoms with E-state index in [4.69, 9.17) is 28.4 Å². The number of fused-ring (bicyclic) bond motifs is 2. The molecular formula is C35H26BrF2N3O7. The Morgan fingerprint density at radius 1 is 0.646 bits per heavy atom. The summed E-state index contributed by atoms with van der Waals surface area (Å²) in [5.41, 5.74) is 0.620. The van der Waals surface area contributed by atoms with Crippen LogP contribution in [-0.4, -0.2) is 44.3 Å². The van der Waals surface area contributed by atoms with Crippen LogP contribution in [0.2, 0.25) is 0 Å². The third-order valence-corrected chi connectivity index (χ3v) is 8.08. The highest BCUT2D eigenvalue weighted by Crippen LogP contribution is 2.40. The van der Waals surface area contributed by atoms with Crippen molar-refractivity contribution < 1.29 is 42.0 Å². The molecule has 1 N–H and O–H groups in total. The van der Waals surface area contributed by atoms with Crippen LogP contribution in [0.15, 0.2) is 83.6 Å². The Balaban J connectivity index is 1.21. The van der Waals surface area contributed by atoms with Gasteiger partial charge < -0.3 is 33.7 Å². The van der Waals surface area contributed by atoms with Crippen LogP contribution >= 0.6 is 15.9 Å². The lowest BCUT2D eigenvalue weighted by Crippen LogP contribution is -2.15. The number of nitrogens with zero attached hydrogens (tertiary/aromatic N) is 2. The monoisotopic (exact) mass is 717 g/mol. The van der Waals surface area contributed by atoms with E-state index in [1.807, 2.05) is 0 Å². The lowest BCUT2D eigenvalue weighted by atomic mass is 10.1. The number of halogens is 3. The minimum absolute atomic E-state index is 0.0960. The number of pyridine rings is 2. The number of benzene rings is 4. The van der Waals surface area contributed by atoms with Crippen molar-refractivity contribution >= 4 is 49.3 Å². The van der Waals surface area contributed by atoms with Crippen molar-refractivity contribution in [1.29, 1.82) is 0 Å². The summed E-state index contributed by atoms with van der Waals surface area (Å²) in [5.74, 6) is 0.344. The van der Waals surface area contributed by atoms with Crippen LogP contribution in [0, 0.1) is 11.6 Å². The van der Waals surface area contributed by atoms with E-state index in [0.717, 1.165) is 6.07 Å². The maximum absolute atomic E-state index is 15.5. The third-order valence-electron chi connectivity index (χ3n) is 7.34. The number of methoxy groups -OCH3 is 4. The fourth-order valence-electron chi connectivity index (χ4n) is 4.95. The molecule has 0 aliphatic carbocycles. The van der Waals surface area contributed by atoms with Crippen LogP contribution in [-0.2, 0) is 0 Å². The second-order valence-corrected chi connectivity index (χ2v) is 10.9. The first-order valence-electron chi connectivity index (χ1n) is 14.2. The van der Waals surface area contributed by atoms with Gasteiger partial charge in [0.25, 0.3) is 5.91 Å². The minimum Gasteiger partial charge on any atom is -0.493 e. The molecule has 1 amide bonds. The van der Waals surface area contributed by atoms with E-state index in [1.54, 1.807) is 42.6 Å². The van der Waals surface area contributed by atoms with Crippen LogP contribution in [0.3, 0.4) is 0 Å². The fourth-order valence-corrected chi connectivity index (χ4v) is 5.38. The number of carbonyl (C=O) groups is 1. The predicted molar refractivity (Wildman–Crippen MR) is 178 cm³/mol. The zero-order valence-electron chi connectivity index (χ0n) is 25.9. The number of hydrogen-bond donors (Lipinski definition) is 1. The van der Waals surface area contributed by atoms with Gasteiger partial charge in [0, 0.05) is 41.4 Å². The number of amides is 1. The van der Waals surface area contributed by atoms with E-state index in [1.165, 1.54) is 58.9 Å². The van der Waals surface area contributed by atoms with Crippen molar-refractivity contribution in [2.24, 2.45) is 0 Å². The van der Waals surface area contributed by atoms with Crippen molar-refractivity contribution in [3.8, 4) is 46.0 Å². The lowest BCUT2D eigenvalue weighted by molar-refractivity contribution is 0.102. The first-order valence-corrected chi connectivity index (χ1v) is 15.0. The molecule has 4 aromatic carbocycles. The van der Waals surface area contributed by atoms with Crippen LogP contribution in [0.4, 0.5) is 14.5 Å². The summed E-state index contributed by atoms with van der Waals surface area (Å²) in [6.45, 7) is 0. The van der Waals surface area contributed by atoms with Crippen molar-refractivity contribution in [2.75, 3.05) is 33.8 Å². The number of aromatic nitrogens is 2. The highest BCUT2D eigenvalue weighted by molar-refractivity contribution is 9.10. The zero-order chi connectivity index (χ0) is 33.9. The SMILES string of the molecule is COc1cc2nccc(Oc3ccc(NC(=O)c4ccc(Oc5ccnc6cc(OC)c(OC)cc56)c(Br)c4F)c(F)c3)c2cc1OC. The van der Waals surface area contributed by atoms with E-state index in [-0.39, 0.29) is 27.2 Å². The van der Waals surface area contributed by atoms with Gasteiger partial charge in [-0.1, -0.05) is 0 Å². The molecule has 0 unspecified atom stereocenters. The van der Waals surface area contributed by atoms with Gasteiger partial charge in [-0.2, -0.15) is 0 Å². The summed E-state index contributed by atoms with van der Waals surface area (Å²) >= 11 is 3.20. The Morgan fingerprint density at radius 3 is 1.73 bits per heavy atom. The fraction of sp³-hybridized carbons (Fsp3) is 0.114. The number of carbonyl (C=O) groups excluding carboxylic acids is 1. The Hall–Kier alpha value is -5.69. The van der Waals surface area contributed by atoms with Crippen LogP contribution in [0.25, 0.3) is 21.8 Å². The van der Waals surface area contributed by atoms with E-state index in [0.29, 0.717) is 56.3 Å². The molecule has 2 aromatic heterocycles. The molecule has 0 fully saturated rings. The zero-order valence-corrected chi connectivity index (χ0v) is 27.5. The van der Waals surface area contributed by atoms with Gasteiger partial charge in [0.05, 0.1) is 55.2 Å². The Kier molecular flexibility index (Phi) is 9.13. The molecule has 0 spiro atoms. The molecule has 10 nitrogen and oxygen atoms in total. The lowest BCUT2D eigenvalue weighted by Gasteiger charge is -2.15. The molecular weight excluding hydrogens is 692 g/mol. The highest BCUT2D eigenvalue weighted by Gasteiger charge is 2.21. The molecule has 244 valence electrons.